The molecule has 2 rings (SSSR count). The molecule has 0 spiro atoms. The Labute approximate surface area is 129 Å². The third kappa shape index (κ3) is 3.16. The SMILES string of the molecule is Cc1c(Br)cccc1NS(=O)(=O)c1c(F)cc(N)cc1F. The van der Waals surface area contributed by atoms with E-state index in [4.69, 9.17) is 5.73 Å². The number of nitrogens with one attached hydrogen (secondary N) is 1. The van der Waals surface area contributed by atoms with Crippen LogP contribution < -0.4 is 10.5 Å². The quantitative estimate of drug-likeness (QED) is 0.806. The summed E-state index contributed by atoms with van der Waals surface area (Å²) >= 11 is 3.25. The average molecular weight is 377 g/mol. The fourth-order valence-corrected chi connectivity index (χ4v) is 3.36. The number of sulfonamides is 1. The zero-order chi connectivity index (χ0) is 15.8. The molecule has 3 N–H and O–H groups in total. The third-order valence-corrected chi connectivity index (χ3v) is 5.08. The van der Waals surface area contributed by atoms with Crippen LogP contribution in [-0.4, -0.2) is 8.42 Å². The van der Waals surface area contributed by atoms with Crippen molar-refractivity contribution in [3.8, 4) is 0 Å². The van der Waals surface area contributed by atoms with Crippen LogP contribution in [0, 0.1) is 18.6 Å². The summed E-state index contributed by atoms with van der Waals surface area (Å²) in [7, 11) is -4.41. The van der Waals surface area contributed by atoms with Crippen LogP contribution in [0.25, 0.3) is 0 Å². The first-order valence-electron chi connectivity index (χ1n) is 5.75. The van der Waals surface area contributed by atoms with Gasteiger partial charge in [-0.15, -0.1) is 0 Å². The molecule has 0 atom stereocenters. The minimum atomic E-state index is -4.41. The van der Waals surface area contributed by atoms with E-state index in [0.29, 0.717) is 10.0 Å². The summed E-state index contributed by atoms with van der Waals surface area (Å²) in [6.45, 7) is 1.66. The van der Waals surface area contributed by atoms with Crippen LogP contribution in [0.5, 0.6) is 0 Å². The monoisotopic (exact) mass is 376 g/mol. The van der Waals surface area contributed by atoms with Gasteiger partial charge in [0.05, 0.1) is 5.69 Å². The molecular weight excluding hydrogens is 366 g/mol. The molecule has 0 aliphatic rings. The number of rotatable bonds is 3. The molecule has 0 radical (unpaired) electrons. The molecule has 0 aromatic heterocycles. The van der Waals surface area contributed by atoms with E-state index in [-0.39, 0.29) is 11.4 Å². The molecule has 0 aliphatic carbocycles. The van der Waals surface area contributed by atoms with Crippen LogP contribution in [0.2, 0.25) is 0 Å². The highest BCUT2D eigenvalue weighted by molar-refractivity contribution is 9.10. The second-order valence-electron chi connectivity index (χ2n) is 4.33. The fourth-order valence-electron chi connectivity index (χ4n) is 1.75. The molecule has 2 aromatic rings. The van der Waals surface area contributed by atoms with Gasteiger partial charge in [-0.1, -0.05) is 22.0 Å². The smallest absolute Gasteiger partial charge is 0.267 e. The van der Waals surface area contributed by atoms with Crippen molar-refractivity contribution in [1.29, 1.82) is 0 Å². The highest BCUT2D eigenvalue weighted by Crippen LogP contribution is 2.28. The van der Waals surface area contributed by atoms with E-state index < -0.39 is 26.6 Å². The van der Waals surface area contributed by atoms with E-state index in [1.165, 1.54) is 6.07 Å². The van der Waals surface area contributed by atoms with Gasteiger partial charge in [0.2, 0.25) is 0 Å². The predicted molar refractivity (Wildman–Crippen MR) is 80.5 cm³/mol. The Morgan fingerprint density at radius 2 is 1.76 bits per heavy atom. The van der Waals surface area contributed by atoms with Gasteiger partial charge in [0.25, 0.3) is 10.0 Å². The molecule has 0 bridgehead atoms. The summed E-state index contributed by atoms with van der Waals surface area (Å²) in [5, 5.41) is 0. The predicted octanol–water partition coefficient (Wildman–Crippen LogP) is 3.42. The van der Waals surface area contributed by atoms with Crippen molar-refractivity contribution in [3.05, 3.63) is 52.0 Å². The first-order valence-corrected chi connectivity index (χ1v) is 8.02. The van der Waals surface area contributed by atoms with Crippen molar-refractivity contribution < 1.29 is 17.2 Å². The molecule has 0 amide bonds. The number of nitrogen functional groups attached to an aromatic ring is 1. The topological polar surface area (TPSA) is 72.2 Å². The Bertz CT molecular complexity index is 787. The molecule has 0 heterocycles. The van der Waals surface area contributed by atoms with Crippen LogP contribution in [0.3, 0.4) is 0 Å². The van der Waals surface area contributed by atoms with Crippen LogP contribution >= 0.6 is 15.9 Å². The summed E-state index contributed by atoms with van der Waals surface area (Å²) in [6.07, 6.45) is 0. The van der Waals surface area contributed by atoms with Crippen molar-refractivity contribution in [3.63, 3.8) is 0 Å². The van der Waals surface area contributed by atoms with Crippen molar-refractivity contribution in [2.75, 3.05) is 10.5 Å². The van der Waals surface area contributed by atoms with E-state index in [9.17, 15) is 17.2 Å². The molecule has 0 saturated carbocycles. The van der Waals surface area contributed by atoms with Gasteiger partial charge in [0.1, 0.15) is 11.6 Å². The minimum absolute atomic E-state index is 0.192. The number of hydrogen-bond donors (Lipinski definition) is 2. The van der Waals surface area contributed by atoms with Crippen molar-refractivity contribution in [1.82, 2.24) is 0 Å². The van der Waals surface area contributed by atoms with E-state index in [1.54, 1.807) is 19.1 Å². The molecule has 112 valence electrons. The Morgan fingerprint density at radius 1 is 1.19 bits per heavy atom. The maximum atomic E-state index is 13.7. The van der Waals surface area contributed by atoms with Crippen LogP contribution in [0.4, 0.5) is 20.2 Å². The van der Waals surface area contributed by atoms with Crippen molar-refractivity contribution in [2.45, 2.75) is 11.8 Å². The molecule has 0 saturated heterocycles. The number of benzene rings is 2. The largest absolute Gasteiger partial charge is 0.399 e. The summed E-state index contributed by atoms with van der Waals surface area (Å²) in [6, 6.07) is 6.32. The lowest BCUT2D eigenvalue weighted by atomic mass is 10.2. The molecule has 21 heavy (non-hydrogen) atoms. The standard InChI is InChI=1S/C13H11BrF2N2O2S/c1-7-9(14)3-2-4-12(7)18-21(19,20)13-10(15)5-8(17)6-11(13)16/h2-6,18H,17H2,1H3. The maximum absolute atomic E-state index is 13.7. The first kappa shape index (κ1) is 15.7. The summed E-state index contributed by atoms with van der Waals surface area (Å²) in [5.41, 5.74) is 5.89. The van der Waals surface area contributed by atoms with E-state index in [2.05, 4.69) is 20.7 Å². The Morgan fingerprint density at radius 3 is 2.33 bits per heavy atom. The normalized spacial score (nSPS) is 11.4. The van der Waals surface area contributed by atoms with Crippen LogP contribution in [0.1, 0.15) is 5.56 Å². The molecule has 8 heteroatoms. The number of hydrogen-bond acceptors (Lipinski definition) is 3. The number of anilines is 2. The van der Waals surface area contributed by atoms with E-state index >= 15 is 0 Å². The second-order valence-corrected chi connectivity index (χ2v) is 6.81. The lowest BCUT2D eigenvalue weighted by molar-refractivity contribution is 0.522. The Balaban J connectivity index is 2.51. The highest BCUT2D eigenvalue weighted by atomic mass is 79.9. The third-order valence-electron chi connectivity index (χ3n) is 2.80. The first-order chi connectivity index (χ1) is 9.72. The molecule has 0 aliphatic heterocycles. The van der Waals surface area contributed by atoms with Gasteiger partial charge in [-0.25, -0.2) is 17.2 Å². The van der Waals surface area contributed by atoms with Crippen molar-refractivity contribution >= 4 is 37.3 Å². The van der Waals surface area contributed by atoms with E-state index in [0.717, 1.165) is 12.1 Å². The van der Waals surface area contributed by atoms with Gasteiger partial charge in [-0.3, -0.25) is 4.72 Å². The lowest BCUT2D eigenvalue weighted by Crippen LogP contribution is -2.17. The molecule has 0 fully saturated rings. The Hall–Kier alpha value is -1.67. The molecular formula is C13H11BrF2N2O2S. The molecule has 2 aromatic carbocycles. The lowest BCUT2D eigenvalue weighted by Gasteiger charge is -2.13. The van der Waals surface area contributed by atoms with Crippen LogP contribution in [-0.2, 0) is 10.0 Å². The van der Waals surface area contributed by atoms with Gasteiger partial charge >= 0.3 is 0 Å². The van der Waals surface area contributed by atoms with Crippen molar-refractivity contribution in [2.24, 2.45) is 0 Å². The zero-order valence-corrected chi connectivity index (χ0v) is 13.2. The summed E-state index contributed by atoms with van der Waals surface area (Å²) in [4.78, 5) is -1.06. The Kier molecular flexibility index (Phi) is 4.20. The summed E-state index contributed by atoms with van der Waals surface area (Å²) < 4.78 is 54.7. The second kappa shape index (κ2) is 5.61. The van der Waals surface area contributed by atoms with Gasteiger partial charge in [0, 0.05) is 10.2 Å². The van der Waals surface area contributed by atoms with Gasteiger partial charge in [-0.2, -0.15) is 0 Å². The van der Waals surface area contributed by atoms with Gasteiger partial charge < -0.3 is 5.73 Å². The zero-order valence-electron chi connectivity index (χ0n) is 10.8. The van der Waals surface area contributed by atoms with Gasteiger partial charge in [-0.05, 0) is 36.8 Å². The molecule has 4 nitrogen and oxygen atoms in total. The number of halogens is 3. The van der Waals surface area contributed by atoms with Crippen LogP contribution in [0.15, 0.2) is 39.7 Å². The fraction of sp³-hybridized carbons (Fsp3) is 0.0769. The minimum Gasteiger partial charge on any atom is -0.399 e. The highest BCUT2D eigenvalue weighted by Gasteiger charge is 2.25. The summed E-state index contributed by atoms with van der Waals surface area (Å²) in [5.74, 6) is -2.49. The maximum Gasteiger partial charge on any atom is 0.267 e. The number of nitrogens with two attached hydrogens (primary N) is 1. The van der Waals surface area contributed by atoms with E-state index in [1.807, 2.05) is 0 Å². The molecule has 0 unspecified atom stereocenters. The van der Waals surface area contributed by atoms with Gasteiger partial charge in [0.15, 0.2) is 4.90 Å². The average Bonchev–Trinajstić information content (AvgIpc) is 2.33.